The smallest absolute Gasteiger partial charge is 0.255 e. The highest BCUT2D eigenvalue weighted by molar-refractivity contribution is 6.01. The van der Waals surface area contributed by atoms with Gasteiger partial charge in [-0.2, -0.15) is 5.10 Å². The summed E-state index contributed by atoms with van der Waals surface area (Å²) >= 11 is 0. The second-order valence-electron chi connectivity index (χ2n) is 10.00. The highest BCUT2D eigenvalue weighted by Gasteiger charge is 2.15. The van der Waals surface area contributed by atoms with Crippen molar-refractivity contribution in [3.8, 4) is 22.5 Å². The summed E-state index contributed by atoms with van der Waals surface area (Å²) < 4.78 is 0. The molecular weight excluding hydrogens is 508 g/mol. The van der Waals surface area contributed by atoms with Crippen LogP contribution in [0.5, 0.6) is 0 Å². The van der Waals surface area contributed by atoms with E-state index in [2.05, 4.69) is 49.2 Å². The van der Waals surface area contributed by atoms with E-state index in [1.807, 2.05) is 87.1 Å². The van der Waals surface area contributed by atoms with Gasteiger partial charge in [-0.25, -0.2) is 0 Å². The van der Waals surface area contributed by atoms with Crippen molar-refractivity contribution < 1.29 is 4.79 Å². The van der Waals surface area contributed by atoms with Gasteiger partial charge in [0.15, 0.2) is 0 Å². The van der Waals surface area contributed by atoms with Gasteiger partial charge in [-0.05, 0) is 67.5 Å². The topological polar surface area (TPSA) is 99.3 Å². The Balaban J connectivity index is 1.38. The number of fused-ring (bicyclic) bond motifs is 2. The number of allylic oxidation sites excluding steroid dienone is 5. The number of nitrogens with zero attached hydrogens (tertiary/aromatic N) is 3. The van der Waals surface area contributed by atoms with Crippen molar-refractivity contribution in [1.82, 2.24) is 30.5 Å². The van der Waals surface area contributed by atoms with E-state index in [9.17, 15) is 4.79 Å². The lowest BCUT2D eigenvalue weighted by atomic mass is 9.99. The lowest BCUT2D eigenvalue weighted by molar-refractivity contribution is 0.0966. The van der Waals surface area contributed by atoms with Gasteiger partial charge < -0.3 is 10.3 Å². The minimum Gasteiger partial charge on any atom is -0.352 e. The number of hydrogen-bond donors (Lipinski definition) is 3. The number of amides is 1. The van der Waals surface area contributed by atoms with Crippen LogP contribution in [0.2, 0.25) is 0 Å². The Labute approximate surface area is 237 Å². The van der Waals surface area contributed by atoms with E-state index < -0.39 is 0 Å². The standard InChI is InChI=1S/C34H28N6O/c1-21(2)14-26(15-22(3)37-34(41)23-8-5-4-6-9-23)24-11-12-30-28(16-24)33(40-39-30)31-17-27-29(19-36-20-32(27)38-31)25-10-7-13-35-18-25/h4-20,38H,1H2,2-3H3,(H,37,41)(H,39,40)/b22-15+,26-14+. The fraction of sp³-hybridized carbons (Fsp3) is 0.0588. The van der Waals surface area contributed by atoms with Gasteiger partial charge in [0.1, 0.15) is 5.69 Å². The van der Waals surface area contributed by atoms with Crippen molar-refractivity contribution in [2.75, 3.05) is 0 Å². The quantitative estimate of drug-likeness (QED) is 0.184. The normalized spacial score (nSPS) is 12.1. The zero-order chi connectivity index (χ0) is 28.3. The predicted octanol–water partition coefficient (Wildman–Crippen LogP) is 7.46. The molecule has 0 aliphatic heterocycles. The van der Waals surface area contributed by atoms with Crippen LogP contribution < -0.4 is 5.32 Å². The summed E-state index contributed by atoms with van der Waals surface area (Å²) in [5.74, 6) is -0.152. The number of carbonyl (C=O) groups is 1. The molecular formula is C34H28N6O. The Morgan fingerprint density at radius 3 is 2.49 bits per heavy atom. The minimum atomic E-state index is -0.152. The van der Waals surface area contributed by atoms with E-state index in [0.29, 0.717) is 5.56 Å². The lowest BCUT2D eigenvalue weighted by Crippen LogP contribution is -2.21. The highest BCUT2D eigenvalue weighted by Crippen LogP contribution is 2.34. The summed E-state index contributed by atoms with van der Waals surface area (Å²) in [5, 5.41) is 12.8. The Hall–Kier alpha value is -5.56. The van der Waals surface area contributed by atoms with E-state index in [-0.39, 0.29) is 5.91 Å². The fourth-order valence-electron chi connectivity index (χ4n) is 4.91. The van der Waals surface area contributed by atoms with Crippen LogP contribution in [0.4, 0.5) is 0 Å². The molecule has 0 aliphatic carbocycles. The molecule has 6 rings (SSSR count). The van der Waals surface area contributed by atoms with Crippen molar-refractivity contribution in [1.29, 1.82) is 0 Å². The second-order valence-corrected chi connectivity index (χ2v) is 10.00. The maximum atomic E-state index is 12.7. The van der Waals surface area contributed by atoms with Crippen LogP contribution in [0.3, 0.4) is 0 Å². The number of rotatable bonds is 7. The summed E-state index contributed by atoms with van der Waals surface area (Å²) in [6.45, 7) is 7.92. The average molecular weight is 537 g/mol. The molecule has 0 atom stereocenters. The predicted molar refractivity (Wildman–Crippen MR) is 165 cm³/mol. The van der Waals surface area contributed by atoms with Crippen molar-refractivity contribution in [2.45, 2.75) is 13.8 Å². The molecule has 0 spiro atoms. The first kappa shape index (κ1) is 25.7. The Morgan fingerprint density at radius 1 is 0.854 bits per heavy atom. The Morgan fingerprint density at radius 2 is 1.71 bits per heavy atom. The van der Waals surface area contributed by atoms with Crippen molar-refractivity contribution >= 4 is 33.3 Å². The van der Waals surface area contributed by atoms with E-state index in [1.165, 1.54) is 0 Å². The third-order valence-electron chi connectivity index (χ3n) is 6.79. The first-order valence-electron chi connectivity index (χ1n) is 13.2. The van der Waals surface area contributed by atoms with Gasteiger partial charge in [0.25, 0.3) is 5.91 Å². The molecule has 0 unspecified atom stereocenters. The maximum Gasteiger partial charge on any atom is 0.255 e. The van der Waals surface area contributed by atoms with Crippen molar-refractivity contribution in [2.24, 2.45) is 0 Å². The summed E-state index contributed by atoms with van der Waals surface area (Å²) in [7, 11) is 0. The number of benzene rings is 2. The molecule has 0 saturated carbocycles. The summed E-state index contributed by atoms with van der Waals surface area (Å²) in [6, 6.07) is 21.4. The summed E-state index contributed by atoms with van der Waals surface area (Å²) in [5.41, 5.74) is 9.67. The van der Waals surface area contributed by atoms with Crippen LogP contribution in [-0.4, -0.2) is 31.1 Å². The molecule has 1 amide bonds. The number of aromatic nitrogens is 5. The third-order valence-corrected chi connectivity index (χ3v) is 6.79. The van der Waals surface area contributed by atoms with E-state index >= 15 is 0 Å². The molecule has 7 nitrogen and oxygen atoms in total. The van der Waals surface area contributed by atoms with Gasteiger partial charge in [-0.1, -0.05) is 48.6 Å². The summed E-state index contributed by atoms with van der Waals surface area (Å²) in [4.78, 5) is 24.9. The molecule has 7 heteroatoms. The van der Waals surface area contributed by atoms with E-state index in [1.54, 1.807) is 18.3 Å². The molecule has 4 aromatic heterocycles. The molecule has 200 valence electrons. The SMILES string of the molecule is C=C(C)/C=C(\C=C(/C)NC(=O)c1ccccc1)c1ccc2[nH]nc(-c3cc4c(-c5cccnc5)cncc4[nH]3)c2c1. The van der Waals surface area contributed by atoms with Crippen LogP contribution >= 0.6 is 0 Å². The molecule has 0 aliphatic rings. The number of H-pyrrole nitrogens is 2. The zero-order valence-corrected chi connectivity index (χ0v) is 22.8. The van der Waals surface area contributed by atoms with Crippen molar-refractivity contribution in [3.05, 3.63) is 133 Å². The monoisotopic (exact) mass is 536 g/mol. The molecule has 3 N–H and O–H groups in total. The van der Waals surface area contributed by atoms with Crippen LogP contribution in [0, 0.1) is 0 Å². The van der Waals surface area contributed by atoms with Gasteiger partial charge >= 0.3 is 0 Å². The molecule has 0 saturated heterocycles. The Kier molecular flexibility index (Phi) is 6.83. The minimum absolute atomic E-state index is 0.152. The number of hydrogen-bond acceptors (Lipinski definition) is 4. The molecule has 6 aromatic rings. The molecule has 41 heavy (non-hydrogen) atoms. The zero-order valence-electron chi connectivity index (χ0n) is 22.8. The first-order chi connectivity index (χ1) is 20.0. The second kappa shape index (κ2) is 10.9. The van der Waals surface area contributed by atoms with Crippen LogP contribution in [-0.2, 0) is 0 Å². The van der Waals surface area contributed by atoms with Crippen LogP contribution in [0.1, 0.15) is 29.8 Å². The first-order valence-corrected chi connectivity index (χ1v) is 13.2. The maximum absolute atomic E-state index is 12.7. The van der Waals surface area contributed by atoms with E-state index in [0.717, 1.165) is 66.7 Å². The molecule has 4 heterocycles. The number of carbonyl (C=O) groups excluding carboxylic acids is 1. The van der Waals surface area contributed by atoms with Crippen LogP contribution in [0.15, 0.2) is 122 Å². The Bertz CT molecular complexity index is 1960. The number of nitrogens with one attached hydrogen (secondary N) is 3. The van der Waals surface area contributed by atoms with Gasteiger partial charge in [0.05, 0.1) is 22.9 Å². The van der Waals surface area contributed by atoms with E-state index in [4.69, 9.17) is 0 Å². The molecule has 2 aromatic carbocycles. The largest absolute Gasteiger partial charge is 0.352 e. The van der Waals surface area contributed by atoms with Gasteiger partial charge in [0.2, 0.25) is 0 Å². The third kappa shape index (κ3) is 5.33. The number of aromatic amines is 2. The highest BCUT2D eigenvalue weighted by atomic mass is 16.1. The lowest BCUT2D eigenvalue weighted by Gasteiger charge is -2.09. The fourth-order valence-corrected chi connectivity index (χ4v) is 4.91. The molecule has 0 fully saturated rings. The van der Waals surface area contributed by atoms with Gasteiger partial charge in [-0.3, -0.25) is 19.9 Å². The average Bonchev–Trinajstić information content (AvgIpc) is 3.61. The number of pyridine rings is 2. The van der Waals surface area contributed by atoms with Crippen LogP contribution in [0.25, 0.3) is 49.9 Å². The summed E-state index contributed by atoms with van der Waals surface area (Å²) in [6.07, 6.45) is 11.3. The molecule has 0 radical (unpaired) electrons. The van der Waals surface area contributed by atoms with Crippen molar-refractivity contribution in [3.63, 3.8) is 0 Å². The van der Waals surface area contributed by atoms with Gasteiger partial charge in [0, 0.05) is 51.8 Å². The molecule has 0 bridgehead atoms. The van der Waals surface area contributed by atoms with Gasteiger partial charge in [-0.15, -0.1) is 0 Å².